The van der Waals surface area contributed by atoms with Crippen molar-refractivity contribution in [1.82, 2.24) is 0 Å². The summed E-state index contributed by atoms with van der Waals surface area (Å²) in [5.74, 6) is -0.893. The van der Waals surface area contributed by atoms with Gasteiger partial charge in [-0.05, 0) is 48.7 Å². The predicted molar refractivity (Wildman–Crippen MR) is 95.7 cm³/mol. The van der Waals surface area contributed by atoms with E-state index in [0.29, 0.717) is 21.3 Å². The van der Waals surface area contributed by atoms with Gasteiger partial charge in [-0.2, -0.15) is 0 Å². The molecule has 0 atom stereocenters. The number of nitrogens with one attached hydrogen (secondary N) is 1. The fraction of sp³-hybridized carbons (Fsp3) is 0.222. The normalized spacial score (nSPS) is 10.3. The number of carbonyl (C=O) groups is 2. The van der Waals surface area contributed by atoms with E-state index in [0.717, 1.165) is 11.1 Å². The molecule has 126 valence electrons. The van der Waals surface area contributed by atoms with Crippen molar-refractivity contribution in [1.29, 1.82) is 0 Å². The average Bonchev–Trinajstić information content (AvgIpc) is 2.52. The van der Waals surface area contributed by atoms with Crippen molar-refractivity contribution in [2.45, 2.75) is 20.3 Å². The predicted octanol–water partition coefficient (Wildman–Crippen LogP) is 4.33. The Kier molecular flexibility index (Phi) is 6.23. The van der Waals surface area contributed by atoms with Gasteiger partial charge in [-0.25, -0.2) is 0 Å². The third-order valence-electron chi connectivity index (χ3n) is 3.36. The van der Waals surface area contributed by atoms with Crippen LogP contribution in [-0.4, -0.2) is 18.5 Å². The molecule has 0 bridgehead atoms. The van der Waals surface area contributed by atoms with Gasteiger partial charge in [-0.15, -0.1) is 0 Å². The third-order valence-corrected chi connectivity index (χ3v) is 4.10. The maximum atomic E-state index is 11.9. The van der Waals surface area contributed by atoms with Crippen LogP contribution < -0.4 is 5.32 Å². The van der Waals surface area contributed by atoms with Crippen LogP contribution in [0.15, 0.2) is 36.4 Å². The molecule has 6 heteroatoms. The minimum atomic E-state index is -0.510. The second-order valence-corrected chi connectivity index (χ2v) is 6.27. The number of ether oxygens (including phenoxy) is 1. The highest BCUT2D eigenvalue weighted by atomic mass is 35.5. The molecular formula is C18H17Cl2NO3. The lowest BCUT2D eigenvalue weighted by atomic mass is 10.1. The summed E-state index contributed by atoms with van der Waals surface area (Å²) in [6.07, 6.45) is 0.0215. The Hall–Kier alpha value is -2.04. The van der Waals surface area contributed by atoms with Crippen molar-refractivity contribution in [2.75, 3.05) is 11.9 Å². The van der Waals surface area contributed by atoms with Gasteiger partial charge in [0.05, 0.1) is 16.5 Å². The van der Waals surface area contributed by atoms with E-state index in [-0.39, 0.29) is 18.9 Å². The average molecular weight is 366 g/mol. The standard InChI is InChI=1S/C18H17Cl2NO3/c1-11-3-4-12(2)16(7-11)21-17(22)10-24-18(23)9-13-5-6-14(19)15(20)8-13/h3-8H,9-10H2,1-2H3,(H,21,22). The molecule has 0 unspecified atom stereocenters. The number of amides is 1. The summed E-state index contributed by atoms with van der Waals surface area (Å²) in [6, 6.07) is 10.6. The number of anilines is 1. The van der Waals surface area contributed by atoms with Gasteiger partial charge in [0.1, 0.15) is 0 Å². The lowest BCUT2D eigenvalue weighted by molar-refractivity contribution is -0.146. The summed E-state index contributed by atoms with van der Waals surface area (Å²) in [7, 11) is 0. The summed E-state index contributed by atoms with van der Waals surface area (Å²) >= 11 is 11.7. The minimum Gasteiger partial charge on any atom is -0.455 e. The minimum absolute atomic E-state index is 0.0215. The highest BCUT2D eigenvalue weighted by Gasteiger charge is 2.11. The summed E-state index contributed by atoms with van der Waals surface area (Å²) < 4.78 is 4.99. The van der Waals surface area contributed by atoms with Crippen molar-refractivity contribution in [3.05, 3.63) is 63.1 Å². The smallest absolute Gasteiger partial charge is 0.310 e. The van der Waals surface area contributed by atoms with E-state index >= 15 is 0 Å². The first-order chi connectivity index (χ1) is 11.3. The van der Waals surface area contributed by atoms with Crippen LogP contribution >= 0.6 is 23.2 Å². The highest BCUT2D eigenvalue weighted by Crippen LogP contribution is 2.23. The Labute approximate surface area is 150 Å². The van der Waals surface area contributed by atoms with E-state index in [1.54, 1.807) is 18.2 Å². The Bertz CT molecular complexity index is 775. The number of hydrogen-bond acceptors (Lipinski definition) is 3. The van der Waals surface area contributed by atoms with Crippen LogP contribution in [0.2, 0.25) is 10.0 Å². The van der Waals surface area contributed by atoms with Gasteiger partial charge in [0.25, 0.3) is 5.91 Å². The summed E-state index contributed by atoms with van der Waals surface area (Å²) in [5, 5.41) is 3.52. The molecule has 0 spiro atoms. The van der Waals surface area contributed by atoms with Gasteiger partial charge in [0.15, 0.2) is 6.61 Å². The van der Waals surface area contributed by atoms with Crippen molar-refractivity contribution in [2.24, 2.45) is 0 Å². The van der Waals surface area contributed by atoms with Gasteiger partial charge in [-0.1, -0.05) is 41.4 Å². The zero-order chi connectivity index (χ0) is 17.7. The molecular weight excluding hydrogens is 349 g/mol. The Morgan fingerprint density at radius 1 is 1.04 bits per heavy atom. The molecule has 0 saturated carbocycles. The monoisotopic (exact) mass is 365 g/mol. The van der Waals surface area contributed by atoms with E-state index < -0.39 is 5.97 Å². The molecule has 24 heavy (non-hydrogen) atoms. The number of hydrogen-bond donors (Lipinski definition) is 1. The van der Waals surface area contributed by atoms with E-state index in [1.807, 2.05) is 32.0 Å². The van der Waals surface area contributed by atoms with Gasteiger partial charge < -0.3 is 10.1 Å². The first-order valence-electron chi connectivity index (χ1n) is 7.32. The van der Waals surface area contributed by atoms with Crippen LogP contribution in [0.4, 0.5) is 5.69 Å². The van der Waals surface area contributed by atoms with Gasteiger partial charge in [0.2, 0.25) is 0 Å². The Morgan fingerprint density at radius 2 is 1.79 bits per heavy atom. The van der Waals surface area contributed by atoms with E-state index in [1.165, 1.54) is 0 Å². The van der Waals surface area contributed by atoms with Crippen LogP contribution in [0.1, 0.15) is 16.7 Å². The molecule has 1 amide bonds. The second kappa shape index (κ2) is 8.18. The number of halogens is 2. The van der Waals surface area contributed by atoms with E-state index in [9.17, 15) is 9.59 Å². The molecule has 0 aliphatic rings. The van der Waals surface area contributed by atoms with Crippen molar-refractivity contribution in [3.8, 4) is 0 Å². The molecule has 0 saturated heterocycles. The third kappa shape index (κ3) is 5.25. The van der Waals surface area contributed by atoms with Gasteiger partial charge >= 0.3 is 5.97 Å². The van der Waals surface area contributed by atoms with Crippen LogP contribution in [0.25, 0.3) is 0 Å². The first kappa shape index (κ1) is 18.3. The zero-order valence-corrected chi connectivity index (χ0v) is 14.9. The topological polar surface area (TPSA) is 55.4 Å². The molecule has 0 radical (unpaired) electrons. The molecule has 1 N–H and O–H groups in total. The van der Waals surface area contributed by atoms with Crippen LogP contribution in [-0.2, 0) is 20.7 Å². The number of esters is 1. The fourth-order valence-corrected chi connectivity index (χ4v) is 2.39. The largest absolute Gasteiger partial charge is 0.455 e. The lowest BCUT2D eigenvalue weighted by Gasteiger charge is -2.10. The maximum absolute atomic E-state index is 11.9. The second-order valence-electron chi connectivity index (χ2n) is 5.45. The van der Waals surface area contributed by atoms with Gasteiger partial charge in [0, 0.05) is 5.69 Å². The Balaban J connectivity index is 1.85. The summed E-state index contributed by atoms with van der Waals surface area (Å²) in [4.78, 5) is 23.7. The lowest BCUT2D eigenvalue weighted by Crippen LogP contribution is -2.22. The van der Waals surface area contributed by atoms with Crippen LogP contribution in [0.3, 0.4) is 0 Å². The Morgan fingerprint density at radius 3 is 2.50 bits per heavy atom. The SMILES string of the molecule is Cc1ccc(C)c(NC(=O)COC(=O)Cc2ccc(Cl)c(Cl)c2)c1. The molecule has 0 fully saturated rings. The molecule has 2 aromatic rings. The van der Waals surface area contributed by atoms with Gasteiger partial charge in [-0.3, -0.25) is 9.59 Å². The molecule has 2 rings (SSSR count). The molecule has 0 aromatic heterocycles. The number of rotatable bonds is 5. The molecule has 4 nitrogen and oxygen atoms in total. The molecule has 0 heterocycles. The number of benzene rings is 2. The molecule has 2 aromatic carbocycles. The number of aryl methyl sites for hydroxylation is 2. The highest BCUT2D eigenvalue weighted by molar-refractivity contribution is 6.42. The summed E-state index contributed by atoms with van der Waals surface area (Å²) in [5.41, 5.74) is 3.36. The van der Waals surface area contributed by atoms with Crippen molar-refractivity contribution in [3.63, 3.8) is 0 Å². The zero-order valence-electron chi connectivity index (χ0n) is 13.4. The maximum Gasteiger partial charge on any atom is 0.310 e. The van der Waals surface area contributed by atoms with E-state index in [4.69, 9.17) is 27.9 Å². The fourth-order valence-electron chi connectivity index (χ4n) is 2.07. The quantitative estimate of drug-likeness (QED) is 0.802. The molecule has 0 aliphatic carbocycles. The molecule has 0 aliphatic heterocycles. The summed E-state index contributed by atoms with van der Waals surface area (Å²) in [6.45, 7) is 3.49. The van der Waals surface area contributed by atoms with Crippen LogP contribution in [0.5, 0.6) is 0 Å². The van der Waals surface area contributed by atoms with Crippen LogP contribution in [0, 0.1) is 13.8 Å². The first-order valence-corrected chi connectivity index (χ1v) is 8.07. The van der Waals surface area contributed by atoms with E-state index in [2.05, 4.69) is 5.32 Å². The van der Waals surface area contributed by atoms with Crippen molar-refractivity contribution < 1.29 is 14.3 Å². The number of carbonyl (C=O) groups excluding carboxylic acids is 2. The van der Waals surface area contributed by atoms with Crippen molar-refractivity contribution >= 4 is 40.8 Å².